The summed E-state index contributed by atoms with van der Waals surface area (Å²) in [5.74, 6) is 0.627. The van der Waals surface area contributed by atoms with Gasteiger partial charge in [0.05, 0.1) is 10.6 Å². The molecular weight excluding hydrogens is 564 g/mol. The number of hydrogen-bond donors (Lipinski definition) is 3. The number of urea groups is 1. The number of nitrogen functional groups attached to an aromatic ring is 1. The number of hydrogen-bond acceptors (Lipinski definition) is 8. The second kappa shape index (κ2) is 12.9. The van der Waals surface area contributed by atoms with Gasteiger partial charge in [0.25, 0.3) is 10.0 Å². The van der Waals surface area contributed by atoms with Gasteiger partial charge in [-0.2, -0.15) is 0 Å². The van der Waals surface area contributed by atoms with Gasteiger partial charge >= 0.3 is 6.03 Å². The van der Waals surface area contributed by atoms with Gasteiger partial charge in [0.1, 0.15) is 12.1 Å². The van der Waals surface area contributed by atoms with E-state index in [1.165, 1.54) is 16.5 Å². The van der Waals surface area contributed by atoms with Gasteiger partial charge in [-0.1, -0.05) is 38.1 Å². The van der Waals surface area contributed by atoms with Gasteiger partial charge in [-0.05, 0) is 55.3 Å². The van der Waals surface area contributed by atoms with Crippen LogP contribution in [0.25, 0.3) is 22.3 Å². The summed E-state index contributed by atoms with van der Waals surface area (Å²) in [5.41, 5.74) is 8.78. The highest BCUT2D eigenvalue weighted by atomic mass is 32.2. The Morgan fingerprint density at radius 3 is 2.58 bits per heavy atom. The van der Waals surface area contributed by atoms with Crippen LogP contribution in [0.1, 0.15) is 26.7 Å². The Hall–Kier alpha value is -4.97. The lowest BCUT2D eigenvalue weighted by atomic mass is 10.1. The number of pyridine rings is 1. The lowest BCUT2D eigenvalue weighted by Gasteiger charge is -2.33. The molecule has 4 heterocycles. The van der Waals surface area contributed by atoms with Crippen LogP contribution in [0.4, 0.5) is 22.0 Å². The highest BCUT2D eigenvalue weighted by Gasteiger charge is 2.24. The number of piperidine rings is 1. The van der Waals surface area contributed by atoms with Crippen molar-refractivity contribution in [1.29, 1.82) is 0 Å². The molecule has 1 saturated heterocycles. The smallest absolute Gasteiger partial charge is 0.321 e. The molecule has 6 rings (SSSR count). The van der Waals surface area contributed by atoms with Gasteiger partial charge in [0, 0.05) is 59.9 Å². The largest absolute Gasteiger partial charge is 0.399 e. The van der Waals surface area contributed by atoms with Crippen LogP contribution in [-0.2, 0) is 10.0 Å². The topological polar surface area (TPSA) is 148 Å². The number of nitrogens with two attached hydrogens (primary N) is 1. The molecular formula is C31H34N8O3S. The van der Waals surface area contributed by atoms with E-state index in [0.29, 0.717) is 47.0 Å². The number of likely N-dealkylation sites (tertiary alicyclic amines) is 1. The van der Waals surface area contributed by atoms with Crippen molar-refractivity contribution in [3.05, 3.63) is 91.5 Å². The number of nitrogens with zero attached hydrogens (tertiary/aromatic N) is 5. The first kappa shape index (κ1) is 29.5. The van der Waals surface area contributed by atoms with E-state index in [1.54, 1.807) is 71.8 Å². The molecule has 2 amide bonds. The first-order valence-electron chi connectivity index (χ1n) is 14.1. The molecule has 222 valence electrons. The molecule has 0 saturated carbocycles. The SMILES string of the molecule is CC.Nc1cccc(NC(=O)N2CCCC(Nc3cc(-c4cnc5c(ccn5S(=O)(=O)c5ccccc5)c4)ncn3)C2)c1. The van der Waals surface area contributed by atoms with Crippen molar-refractivity contribution in [3.63, 3.8) is 0 Å². The van der Waals surface area contributed by atoms with E-state index in [1.807, 2.05) is 26.0 Å². The molecule has 1 atom stereocenters. The summed E-state index contributed by atoms with van der Waals surface area (Å²) in [7, 11) is -3.77. The zero-order chi connectivity index (χ0) is 30.4. The van der Waals surface area contributed by atoms with Crippen LogP contribution in [0.2, 0.25) is 0 Å². The minimum Gasteiger partial charge on any atom is -0.399 e. The van der Waals surface area contributed by atoms with Crippen molar-refractivity contribution in [3.8, 4) is 11.3 Å². The van der Waals surface area contributed by atoms with E-state index < -0.39 is 10.0 Å². The summed E-state index contributed by atoms with van der Waals surface area (Å²) in [6, 6.07) is 20.6. The molecule has 12 heteroatoms. The molecule has 2 aromatic carbocycles. The zero-order valence-corrected chi connectivity index (χ0v) is 24.8. The van der Waals surface area contributed by atoms with Crippen LogP contribution < -0.4 is 16.4 Å². The molecule has 1 fully saturated rings. The van der Waals surface area contributed by atoms with Crippen LogP contribution in [0.3, 0.4) is 0 Å². The Morgan fingerprint density at radius 2 is 1.79 bits per heavy atom. The van der Waals surface area contributed by atoms with Crippen LogP contribution in [0, 0.1) is 0 Å². The number of aromatic nitrogens is 4. The lowest BCUT2D eigenvalue weighted by molar-refractivity contribution is 0.196. The van der Waals surface area contributed by atoms with E-state index in [2.05, 4.69) is 25.6 Å². The molecule has 3 aromatic heterocycles. The summed E-state index contributed by atoms with van der Waals surface area (Å²) in [6.07, 6.45) is 6.32. The van der Waals surface area contributed by atoms with Gasteiger partial charge in [-0.3, -0.25) is 0 Å². The monoisotopic (exact) mass is 598 g/mol. The normalized spacial score (nSPS) is 14.9. The lowest BCUT2D eigenvalue weighted by Crippen LogP contribution is -2.46. The molecule has 11 nitrogen and oxygen atoms in total. The average molecular weight is 599 g/mol. The number of anilines is 3. The molecule has 1 aliphatic rings. The van der Waals surface area contributed by atoms with Crippen LogP contribution in [-0.4, -0.2) is 57.4 Å². The van der Waals surface area contributed by atoms with E-state index in [9.17, 15) is 13.2 Å². The Balaban J connectivity index is 0.00000180. The number of carbonyl (C=O) groups is 1. The molecule has 0 radical (unpaired) electrons. The average Bonchev–Trinajstić information content (AvgIpc) is 3.47. The molecule has 5 aromatic rings. The molecule has 1 unspecified atom stereocenters. The van der Waals surface area contributed by atoms with E-state index in [-0.39, 0.29) is 17.0 Å². The maximum atomic E-state index is 13.1. The molecule has 43 heavy (non-hydrogen) atoms. The minimum atomic E-state index is -3.77. The first-order valence-corrected chi connectivity index (χ1v) is 15.6. The Labute approximate surface area is 250 Å². The molecule has 4 N–H and O–H groups in total. The minimum absolute atomic E-state index is 0.0101. The summed E-state index contributed by atoms with van der Waals surface area (Å²) >= 11 is 0. The third kappa shape index (κ3) is 6.59. The van der Waals surface area contributed by atoms with E-state index in [4.69, 9.17) is 5.73 Å². The molecule has 0 bridgehead atoms. The quantitative estimate of drug-likeness (QED) is 0.219. The first-order chi connectivity index (χ1) is 20.9. The van der Waals surface area contributed by atoms with Gasteiger partial charge in [0.15, 0.2) is 5.65 Å². The Morgan fingerprint density at radius 1 is 0.977 bits per heavy atom. The molecule has 1 aliphatic heterocycles. The fourth-order valence-electron chi connectivity index (χ4n) is 4.94. The maximum absolute atomic E-state index is 13.1. The maximum Gasteiger partial charge on any atom is 0.321 e. The molecule has 0 spiro atoms. The summed E-state index contributed by atoms with van der Waals surface area (Å²) in [4.78, 5) is 28.1. The van der Waals surface area contributed by atoms with Gasteiger partial charge in [-0.25, -0.2) is 32.1 Å². The van der Waals surface area contributed by atoms with Crippen molar-refractivity contribution in [2.45, 2.75) is 37.6 Å². The number of benzene rings is 2. The van der Waals surface area contributed by atoms with E-state index in [0.717, 1.165) is 18.4 Å². The third-order valence-electron chi connectivity index (χ3n) is 6.95. The van der Waals surface area contributed by atoms with Crippen molar-refractivity contribution in [1.82, 2.24) is 23.8 Å². The second-order valence-electron chi connectivity index (χ2n) is 9.84. The second-order valence-corrected chi connectivity index (χ2v) is 11.7. The highest BCUT2D eigenvalue weighted by Crippen LogP contribution is 2.26. The third-order valence-corrected chi connectivity index (χ3v) is 8.64. The van der Waals surface area contributed by atoms with Gasteiger partial charge in [0.2, 0.25) is 0 Å². The van der Waals surface area contributed by atoms with Gasteiger partial charge in [-0.15, -0.1) is 0 Å². The summed E-state index contributed by atoms with van der Waals surface area (Å²) < 4.78 is 27.4. The molecule has 0 aliphatic carbocycles. The highest BCUT2D eigenvalue weighted by molar-refractivity contribution is 7.90. The number of amides is 2. The van der Waals surface area contributed by atoms with Crippen molar-refractivity contribution >= 4 is 44.3 Å². The number of rotatable bonds is 6. The summed E-state index contributed by atoms with van der Waals surface area (Å²) in [6.45, 7) is 5.18. The van der Waals surface area contributed by atoms with Gasteiger partial charge < -0.3 is 21.3 Å². The van der Waals surface area contributed by atoms with Crippen molar-refractivity contribution in [2.75, 3.05) is 29.5 Å². The summed E-state index contributed by atoms with van der Waals surface area (Å²) in [5, 5.41) is 7.01. The number of carbonyl (C=O) groups excluding carboxylic acids is 1. The number of nitrogens with one attached hydrogen (secondary N) is 2. The predicted molar refractivity (Wildman–Crippen MR) is 169 cm³/mol. The standard InChI is InChI=1S/C29H28N8O3S.C2H6/c30-22-6-4-7-23(15-22)35-29(38)36-12-5-8-24(18-36)34-27-16-26(32-19-33-27)21-14-20-11-13-37(28(20)31-17-21)41(39,40)25-9-2-1-3-10-25;1-2/h1-4,6-7,9-11,13-17,19,24H,5,8,12,18,30H2,(H,35,38)(H,32,33,34);1-2H3. The zero-order valence-electron chi connectivity index (χ0n) is 24.0. The van der Waals surface area contributed by atoms with Crippen molar-refractivity contribution in [2.24, 2.45) is 0 Å². The fourth-order valence-corrected chi connectivity index (χ4v) is 6.27. The van der Waals surface area contributed by atoms with Crippen LogP contribution in [0.5, 0.6) is 0 Å². The van der Waals surface area contributed by atoms with E-state index >= 15 is 0 Å². The number of fused-ring (bicyclic) bond motifs is 1. The van der Waals surface area contributed by atoms with Crippen molar-refractivity contribution < 1.29 is 13.2 Å². The fraction of sp³-hybridized carbons (Fsp3) is 0.226. The van der Waals surface area contributed by atoms with Crippen LogP contribution in [0.15, 0.2) is 96.4 Å². The predicted octanol–water partition coefficient (Wildman–Crippen LogP) is 5.45. The van der Waals surface area contributed by atoms with Crippen LogP contribution >= 0.6 is 0 Å². The Bertz CT molecular complexity index is 1830. The Kier molecular flexibility index (Phi) is 8.86.